The standard InChI is InChI=1S/8BF4/c8*2-1(3,4)5/q8*-1. The van der Waals surface area contributed by atoms with Gasteiger partial charge in [-0.2, -0.15) is 0 Å². The van der Waals surface area contributed by atoms with E-state index in [1.165, 1.54) is 0 Å². The van der Waals surface area contributed by atoms with Crippen LogP contribution in [0, 0.1) is 0 Å². The van der Waals surface area contributed by atoms with Crippen LogP contribution in [0.3, 0.4) is 0 Å². The van der Waals surface area contributed by atoms with Crippen LogP contribution >= 0.6 is 0 Å². The summed E-state index contributed by atoms with van der Waals surface area (Å²) in [6.07, 6.45) is 0. The van der Waals surface area contributed by atoms with Gasteiger partial charge in [-0.15, -0.1) is 0 Å². The van der Waals surface area contributed by atoms with E-state index in [9.17, 15) is 138 Å². The molecule has 40 heteroatoms. The molecule has 0 fully saturated rings. The van der Waals surface area contributed by atoms with Crippen LogP contribution in [0.4, 0.5) is 138 Å². The maximum atomic E-state index is 9.75. The Hall–Kier alpha value is -1.72. The minimum absolute atomic E-state index is 6.00. The minimum atomic E-state index is -6.00. The molecule has 0 aliphatic carbocycles. The van der Waals surface area contributed by atoms with Gasteiger partial charge in [-0.25, -0.2) is 0 Å². The highest BCUT2D eigenvalue weighted by atomic mass is 19.5. The molecule has 0 aromatic heterocycles. The molecule has 0 unspecified atom stereocenters. The van der Waals surface area contributed by atoms with E-state index in [4.69, 9.17) is 0 Å². The smallest absolute Gasteiger partial charge is 0.418 e. The lowest BCUT2D eigenvalue weighted by molar-refractivity contribution is 0.366. The number of rotatable bonds is 0. The Bertz CT molecular complexity index is 297. The Labute approximate surface area is 198 Å². The molecular weight excluding hydrogens is 694 g/mol. The molecule has 0 atom stereocenters. The predicted molar refractivity (Wildman–Crippen MR) is 81.5 cm³/mol. The topological polar surface area (TPSA) is 0 Å². The van der Waals surface area contributed by atoms with Crippen molar-refractivity contribution in [3.63, 3.8) is 0 Å². The lowest BCUT2D eigenvalue weighted by Gasteiger charge is -1.94. The third kappa shape index (κ3) is 15300. The zero-order chi connectivity index (χ0) is 36.0. The average molecular weight is 694 g/mol. The molecule has 256 valence electrons. The Morgan fingerprint density at radius 2 is 0.100 bits per heavy atom. The van der Waals surface area contributed by atoms with Gasteiger partial charge in [0, 0.05) is 0 Å². The van der Waals surface area contributed by atoms with Crippen molar-refractivity contribution in [1.82, 2.24) is 0 Å². The van der Waals surface area contributed by atoms with Gasteiger partial charge in [0.15, 0.2) is 0 Å². The number of halogens is 32. The number of hydrogen-bond acceptors (Lipinski definition) is 0. The third-order valence-corrected chi connectivity index (χ3v) is 0. The van der Waals surface area contributed by atoms with Gasteiger partial charge >= 0.3 is 58.0 Å². The first kappa shape index (κ1) is 58.0. The Kier molecular flexibility index (Phi) is 33.2. The number of hydrogen-bond donors (Lipinski definition) is 0. The molecule has 0 amide bonds. The highest BCUT2D eigenvalue weighted by Gasteiger charge is 2.23. The molecule has 0 aromatic carbocycles. The Balaban J connectivity index is -0.0000000488. The lowest BCUT2D eigenvalue weighted by atomic mass is 10.3. The molecule has 0 aliphatic heterocycles. The van der Waals surface area contributed by atoms with E-state index >= 15 is 0 Å². The molecule has 0 saturated heterocycles. The van der Waals surface area contributed by atoms with Crippen molar-refractivity contribution in [2.75, 3.05) is 0 Å². The zero-order valence-electron chi connectivity index (χ0n) is 16.7. The normalized spacial score (nSPS) is 12.0. The van der Waals surface area contributed by atoms with Gasteiger partial charge in [0.05, 0.1) is 0 Å². The molecule has 0 bridgehead atoms. The van der Waals surface area contributed by atoms with E-state index < -0.39 is 58.0 Å². The zero-order valence-corrected chi connectivity index (χ0v) is 16.7. The first-order valence-electron chi connectivity index (χ1n) is 6.98. The van der Waals surface area contributed by atoms with Crippen molar-refractivity contribution in [3.05, 3.63) is 0 Å². The van der Waals surface area contributed by atoms with Crippen molar-refractivity contribution in [2.45, 2.75) is 0 Å². The van der Waals surface area contributed by atoms with Crippen LogP contribution < -0.4 is 0 Å². The molecule has 0 nitrogen and oxygen atoms in total. The van der Waals surface area contributed by atoms with Crippen LogP contribution in [-0.2, 0) is 0 Å². The maximum absolute atomic E-state index is 9.75. The fourth-order valence-electron chi connectivity index (χ4n) is 0. The van der Waals surface area contributed by atoms with Gasteiger partial charge in [-0.3, -0.25) is 0 Å². The molecule has 0 N–H and O–H groups in total. The Morgan fingerprint density at radius 3 is 0.100 bits per heavy atom. The summed E-state index contributed by atoms with van der Waals surface area (Å²) in [5.41, 5.74) is 0. The van der Waals surface area contributed by atoms with Crippen LogP contribution in [0.15, 0.2) is 0 Å². The first-order valence-corrected chi connectivity index (χ1v) is 6.98. The fraction of sp³-hybridized carbons (Fsp3) is 0. The van der Waals surface area contributed by atoms with Crippen LogP contribution in [0.1, 0.15) is 0 Å². The maximum Gasteiger partial charge on any atom is 0.673 e. The molecular formula is B8F32-8. The van der Waals surface area contributed by atoms with Crippen LogP contribution in [0.5, 0.6) is 0 Å². The van der Waals surface area contributed by atoms with Crippen LogP contribution in [-0.4, -0.2) is 58.0 Å². The third-order valence-electron chi connectivity index (χ3n) is 0. The second kappa shape index (κ2) is 22.9. The fourth-order valence-corrected chi connectivity index (χ4v) is 0. The molecule has 0 aliphatic rings. The summed E-state index contributed by atoms with van der Waals surface area (Å²) in [6, 6.07) is 0. The van der Waals surface area contributed by atoms with Crippen molar-refractivity contribution in [2.24, 2.45) is 0 Å². The summed E-state index contributed by atoms with van der Waals surface area (Å²) in [5.74, 6) is 0. The Morgan fingerprint density at radius 1 is 0.100 bits per heavy atom. The monoisotopic (exact) mass is 696 g/mol. The summed E-state index contributed by atoms with van der Waals surface area (Å²) in [4.78, 5) is 0. The quantitative estimate of drug-likeness (QED) is 0.175. The SMILES string of the molecule is F[B-](F)(F)F.F[B-](F)(F)F.F[B-](F)(F)F.F[B-](F)(F)F.F[B-](F)(F)F.F[B-](F)(F)F.F[B-](F)(F)F.F[B-](F)(F)F. The van der Waals surface area contributed by atoms with E-state index in [-0.39, 0.29) is 0 Å². The molecule has 0 saturated carbocycles. The molecule has 0 radical (unpaired) electrons. The van der Waals surface area contributed by atoms with Gasteiger partial charge in [-0.1, -0.05) is 0 Å². The second-order valence-corrected chi connectivity index (χ2v) is 3.96. The van der Waals surface area contributed by atoms with Crippen molar-refractivity contribution in [1.29, 1.82) is 0 Å². The van der Waals surface area contributed by atoms with Crippen LogP contribution in [0.25, 0.3) is 0 Å². The van der Waals surface area contributed by atoms with E-state index in [0.29, 0.717) is 0 Å². The molecule has 40 heavy (non-hydrogen) atoms. The summed E-state index contributed by atoms with van der Waals surface area (Å²) >= 11 is 0. The van der Waals surface area contributed by atoms with E-state index in [1.807, 2.05) is 0 Å². The molecule has 0 rings (SSSR count). The van der Waals surface area contributed by atoms with Gasteiger partial charge in [0.2, 0.25) is 0 Å². The van der Waals surface area contributed by atoms with Crippen LogP contribution in [0.2, 0.25) is 0 Å². The molecule has 0 spiro atoms. The highest BCUT2D eigenvalue weighted by Crippen LogP contribution is 2.09. The van der Waals surface area contributed by atoms with E-state index in [2.05, 4.69) is 0 Å². The van der Waals surface area contributed by atoms with Gasteiger partial charge in [0.1, 0.15) is 0 Å². The molecule has 0 heterocycles. The largest absolute Gasteiger partial charge is 0.673 e. The van der Waals surface area contributed by atoms with Gasteiger partial charge < -0.3 is 138 Å². The van der Waals surface area contributed by atoms with Gasteiger partial charge in [0.25, 0.3) is 0 Å². The summed E-state index contributed by atoms with van der Waals surface area (Å²) < 4.78 is 312. The van der Waals surface area contributed by atoms with Crippen molar-refractivity contribution >= 4 is 58.0 Å². The minimum Gasteiger partial charge on any atom is -0.418 e. The summed E-state index contributed by atoms with van der Waals surface area (Å²) in [5, 5.41) is 0. The first-order chi connectivity index (χ1) is 16.0. The molecule has 0 aromatic rings. The van der Waals surface area contributed by atoms with E-state index in [0.717, 1.165) is 0 Å². The van der Waals surface area contributed by atoms with Crippen molar-refractivity contribution in [3.8, 4) is 0 Å². The summed E-state index contributed by atoms with van der Waals surface area (Å²) in [7, 11) is -48.0. The van der Waals surface area contributed by atoms with Gasteiger partial charge in [-0.05, 0) is 0 Å². The average Bonchev–Trinajstić information content (AvgIpc) is 2.16. The second-order valence-electron chi connectivity index (χ2n) is 3.96. The highest BCUT2D eigenvalue weighted by molar-refractivity contribution is 6.52. The van der Waals surface area contributed by atoms with Crippen molar-refractivity contribution < 1.29 is 138 Å². The van der Waals surface area contributed by atoms with E-state index in [1.54, 1.807) is 0 Å². The lowest BCUT2D eigenvalue weighted by Crippen LogP contribution is -2.02. The summed E-state index contributed by atoms with van der Waals surface area (Å²) in [6.45, 7) is 0. The predicted octanol–water partition coefficient (Wildman–Crippen LogP) is 10.4.